The predicted molar refractivity (Wildman–Crippen MR) is 135 cm³/mol. The molecule has 0 radical (unpaired) electrons. The van der Waals surface area contributed by atoms with E-state index < -0.39 is 0 Å². The van der Waals surface area contributed by atoms with E-state index in [4.69, 9.17) is 4.74 Å². The molecule has 4 rings (SSSR count). The molecule has 0 aromatic heterocycles. The fourth-order valence-electron chi connectivity index (χ4n) is 4.35. The number of carbonyl (C=O) groups is 2. The van der Waals surface area contributed by atoms with Gasteiger partial charge in [-0.15, -0.1) is 0 Å². The lowest BCUT2D eigenvalue weighted by molar-refractivity contribution is -0.117. The molecule has 6 nitrogen and oxygen atoms in total. The molecule has 0 aliphatic carbocycles. The predicted octanol–water partition coefficient (Wildman–Crippen LogP) is 4.84. The van der Waals surface area contributed by atoms with Crippen molar-refractivity contribution in [1.82, 2.24) is 4.90 Å². The number of hydrogen-bond acceptors (Lipinski definition) is 4. The Morgan fingerprint density at radius 2 is 1.56 bits per heavy atom. The minimum absolute atomic E-state index is 0.0345. The van der Waals surface area contributed by atoms with Gasteiger partial charge < -0.3 is 15.4 Å². The van der Waals surface area contributed by atoms with Gasteiger partial charge in [-0.1, -0.05) is 42.5 Å². The summed E-state index contributed by atoms with van der Waals surface area (Å²) in [6.07, 6.45) is 3.33. The number of amides is 2. The maximum atomic E-state index is 12.6. The van der Waals surface area contributed by atoms with Gasteiger partial charge in [0.15, 0.2) is 0 Å². The number of carbonyl (C=O) groups excluding carboxylic acids is 2. The molecule has 176 valence electrons. The van der Waals surface area contributed by atoms with E-state index in [1.807, 2.05) is 12.1 Å². The topological polar surface area (TPSA) is 70.7 Å². The standard InChI is InChI=1S/C28H31N3O3/c1-34-26-10-6-5-9-25(26)30-28(33)23-11-13-24(14-12-23)29-27(32)20-31-17-15-22(16-18-31)19-21-7-3-2-4-8-21/h2-14,22H,15-20H2,1H3,(H,29,32)(H,30,33). The summed E-state index contributed by atoms with van der Waals surface area (Å²) in [6.45, 7) is 2.26. The largest absolute Gasteiger partial charge is 0.495 e. The zero-order chi connectivity index (χ0) is 23.8. The molecule has 34 heavy (non-hydrogen) atoms. The molecule has 2 amide bonds. The summed E-state index contributed by atoms with van der Waals surface area (Å²) in [4.78, 5) is 27.3. The summed E-state index contributed by atoms with van der Waals surface area (Å²) in [5.41, 5.74) is 3.18. The first-order valence-electron chi connectivity index (χ1n) is 11.7. The Morgan fingerprint density at radius 3 is 2.26 bits per heavy atom. The molecule has 1 aliphatic heterocycles. The highest BCUT2D eigenvalue weighted by atomic mass is 16.5. The second-order valence-electron chi connectivity index (χ2n) is 8.69. The van der Waals surface area contributed by atoms with Gasteiger partial charge in [0, 0.05) is 11.3 Å². The fourth-order valence-corrected chi connectivity index (χ4v) is 4.35. The van der Waals surface area contributed by atoms with Gasteiger partial charge in [-0.2, -0.15) is 0 Å². The third-order valence-corrected chi connectivity index (χ3v) is 6.23. The number of piperidine rings is 1. The Morgan fingerprint density at radius 1 is 0.882 bits per heavy atom. The molecular formula is C28H31N3O3. The van der Waals surface area contributed by atoms with E-state index in [1.165, 1.54) is 5.56 Å². The molecule has 0 saturated carbocycles. The molecule has 0 atom stereocenters. The van der Waals surface area contributed by atoms with E-state index in [1.54, 1.807) is 43.5 Å². The first-order valence-corrected chi connectivity index (χ1v) is 11.7. The van der Waals surface area contributed by atoms with Gasteiger partial charge in [-0.25, -0.2) is 0 Å². The van der Waals surface area contributed by atoms with Crippen LogP contribution in [0.1, 0.15) is 28.8 Å². The van der Waals surface area contributed by atoms with Gasteiger partial charge >= 0.3 is 0 Å². The molecule has 6 heteroatoms. The third kappa shape index (κ3) is 6.45. The minimum Gasteiger partial charge on any atom is -0.495 e. The lowest BCUT2D eigenvalue weighted by Gasteiger charge is -2.31. The van der Waals surface area contributed by atoms with Crippen LogP contribution >= 0.6 is 0 Å². The second kappa shape index (κ2) is 11.5. The molecule has 3 aromatic rings. The Bertz CT molecular complexity index is 1090. The number of ether oxygens (including phenoxy) is 1. The van der Waals surface area contributed by atoms with E-state index in [-0.39, 0.29) is 11.8 Å². The normalized spacial score (nSPS) is 14.4. The van der Waals surface area contributed by atoms with E-state index in [0.717, 1.165) is 32.4 Å². The van der Waals surface area contributed by atoms with Crippen molar-refractivity contribution in [2.75, 3.05) is 37.4 Å². The average Bonchev–Trinajstić information content (AvgIpc) is 2.86. The molecule has 3 aromatic carbocycles. The van der Waals surface area contributed by atoms with Crippen LogP contribution in [0.2, 0.25) is 0 Å². The summed E-state index contributed by atoms with van der Waals surface area (Å²) in [7, 11) is 1.56. The lowest BCUT2D eigenvalue weighted by Crippen LogP contribution is -2.39. The molecule has 0 bridgehead atoms. The number of likely N-dealkylation sites (tertiary alicyclic amines) is 1. The minimum atomic E-state index is -0.235. The Kier molecular flexibility index (Phi) is 7.94. The van der Waals surface area contributed by atoms with Crippen molar-refractivity contribution in [3.05, 3.63) is 90.0 Å². The van der Waals surface area contributed by atoms with Gasteiger partial charge in [-0.3, -0.25) is 14.5 Å². The number of nitrogens with one attached hydrogen (secondary N) is 2. The number of nitrogens with zero attached hydrogens (tertiary/aromatic N) is 1. The number of methoxy groups -OCH3 is 1. The number of benzene rings is 3. The van der Waals surface area contributed by atoms with Gasteiger partial charge in [0.25, 0.3) is 5.91 Å². The number of hydrogen-bond donors (Lipinski definition) is 2. The molecule has 1 saturated heterocycles. The summed E-state index contributed by atoms with van der Waals surface area (Å²) >= 11 is 0. The number of anilines is 2. The van der Waals surface area contributed by atoms with E-state index in [2.05, 4.69) is 45.9 Å². The van der Waals surface area contributed by atoms with Crippen LogP contribution in [0.5, 0.6) is 5.75 Å². The molecule has 2 N–H and O–H groups in total. The number of para-hydroxylation sites is 2. The van der Waals surface area contributed by atoms with Gasteiger partial charge in [0.05, 0.1) is 19.3 Å². The first kappa shape index (κ1) is 23.5. The molecule has 1 fully saturated rings. The van der Waals surface area contributed by atoms with E-state index in [9.17, 15) is 9.59 Å². The van der Waals surface area contributed by atoms with Crippen molar-refractivity contribution < 1.29 is 14.3 Å². The highest BCUT2D eigenvalue weighted by Gasteiger charge is 2.21. The van der Waals surface area contributed by atoms with Gasteiger partial charge in [0.2, 0.25) is 5.91 Å². The van der Waals surface area contributed by atoms with Crippen LogP contribution in [-0.2, 0) is 11.2 Å². The SMILES string of the molecule is COc1ccccc1NC(=O)c1ccc(NC(=O)CN2CCC(Cc3ccccc3)CC2)cc1. The summed E-state index contributed by atoms with van der Waals surface area (Å²) in [5.74, 6) is 1.01. The summed E-state index contributed by atoms with van der Waals surface area (Å²) in [6, 6.07) is 24.8. The molecule has 1 aliphatic rings. The quantitative estimate of drug-likeness (QED) is 0.508. The van der Waals surface area contributed by atoms with Crippen molar-refractivity contribution in [1.29, 1.82) is 0 Å². The first-order chi connectivity index (χ1) is 16.6. The second-order valence-corrected chi connectivity index (χ2v) is 8.69. The van der Waals surface area contributed by atoms with Crippen LogP contribution in [0.3, 0.4) is 0 Å². The third-order valence-electron chi connectivity index (χ3n) is 6.23. The maximum Gasteiger partial charge on any atom is 0.255 e. The average molecular weight is 458 g/mol. The molecule has 0 unspecified atom stereocenters. The number of rotatable bonds is 8. The van der Waals surface area contributed by atoms with Gasteiger partial charge in [-0.05, 0) is 80.2 Å². The van der Waals surface area contributed by atoms with Crippen molar-refractivity contribution in [2.45, 2.75) is 19.3 Å². The highest BCUT2D eigenvalue weighted by molar-refractivity contribution is 6.05. The smallest absolute Gasteiger partial charge is 0.255 e. The van der Waals surface area contributed by atoms with Crippen molar-refractivity contribution in [3.63, 3.8) is 0 Å². The zero-order valence-electron chi connectivity index (χ0n) is 19.5. The Labute approximate surface area is 200 Å². The molecular weight excluding hydrogens is 426 g/mol. The van der Waals surface area contributed by atoms with Crippen LogP contribution in [-0.4, -0.2) is 43.5 Å². The van der Waals surface area contributed by atoms with Gasteiger partial charge in [0.1, 0.15) is 5.75 Å². The van der Waals surface area contributed by atoms with E-state index in [0.29, 0.717) is 35.2 Å². The lowest BCUT2D eigenvalue weighted by atomic mass is 9.90. The highest BCUT2D eigenvalue weighted by Crippen LogP contribution is 2.24. The van der Waals surface area contributed by atoms with Crippen LogP contribution in [0.25, 0.3) is 0 Å². The van der Waals surface area contributed by atoms with Crippen molar-refractivity contribution in [3.8, 4) is 5.75 Å². The van der Waals surface area contributed by atoms with E-state index >= 15 is 0 Å². The zero-order valence-corrected chi connectivity index (χ0v) is 19.5. The van der Waals surface area contributed by atoms with Crippen molar-refractivity contribution >= 4 is 23.2 Å². The summed E-state index contributed by atoms with van der Waals surface area (Å²) < 4.78 is 5.27. The molecule has 0 spiro atoms. The summed E-state index contributed by atoms with van der Waals surface area (Å²) in [5, 5.41) is 5.79. The fraction of sp³-hybridized carbons (Fsp3) is 0.286. The van der Waals surface area contributed by atoms with Crippen LogP contribution in [0.4, 0.5) is 11.4 Å². The van der Waals surface area contributed by atoms with Crippen LogP contribution < -0.4 is 15.4 Å². The van der Waals surface area contributed by atoms with Crippen molar-refractivity contribution in [2.24, 2.45) is 5.92 Å². The van der Waals surface area contributed by atoms with Crippen LogP contribution in [0, 0.1) is 5.92 Å². The molecule has 1 heterocycles. The maximum absolute atomic E-state index is 12.6. The monoisotopic (exact) mass is 457 g/mol. The Balaban J connectivity index is 1.23. The Hall–Kier alpha value is -3.64. The van der Waals surface area contributed by atoms with Crippen LogP contribution in [0.15, 0.2) is 78.9 Å².